The van der Waals surface area contributed by atoms with Crippen LogP contribution in [0, 0.1) is 0 Å². The van der Waals surface area contributed by atoms with Gasteiger partial charge in [0, 0.05) is 38.6 Å². The molecule has 2 rings (SSSR count). The molecular weight excluding hydrogens is 481 g/mol. The fourth-order valence-electron chi connectivity index (χ4n) is 4.31. The fourth-order valence-corrected chi connectivity index (χ4v) is 7.64. The first-order chi connectivity index (χ1) is 16.8. The van der Waals surface area contributed by atoms with E-state index >= 15 is 0 Å². The van der Waals surface area contributed by atoms with E-state index in [-0.39, 0.29) is 12.1 Å². The number of rotatable bonds is 11. The molecule has 0 unspecified atom stereocenters. The first-order valence-electron chi connectivity index (χ1n) is 13.0. The molecule has 4 amide bonds. The van der Waals surface area contributed by atoms with Crippen molar-refractivity contribution in [3.63, 3.8) is 0 Å². The molecule has 198 valence electrons. The van der Waals surface area contributed by atoms with Gasteiger partial charge in [-0.1, -0.05) is 88.5 Å². The maximum atomic E-state index is 13.3. The van der Waals surface area contributed by atoms with Crippen LogP contribution in [0.5, 0.6) is 0 Å². The number of para-hydroxylation sites is 2. The summed E-state index contributed by atoms with van der Waals surface area (Å²) in [5, 5.41) is 0. The molecule has 2 aromatic carbocycles. The minimum absolute atomic E-state index is 0.0815. The van der Waals surface area contributed by atoms with Crippen LogP contribution in [-0.4, -0.2) is 65.5 Å². The number of anilines is 2. The molecule has 0 atom stereocenters. The molecule has 8 heteroatoms. The van der Waals surface area contributed by atoms with E-state index in [2.05, 4.69) is 39.3 Å². The Labute approximate surface area is 221 Å². The second kappa shape index (κ2) is 13.1. The van der Waals surface area contributed by atoms with Gasteiger partial charge in [0.15, 0.2) is 16.5 Å². The van der Waals surface area contributed by atoms with Gasteiger partial charge in [-0.05, 0) is 37.1 Å². The summed E-state index contributed by atoms with van der Waals surface area (Å²) in [6.07, 6.45) is 3.99. The van der Waals surface area contributed by atoms with Crippen LogP contribution in [0.1, 0.15) is 25.7 Å². The second-order valence-corrected chi connectivity index (χ2v) is 21.1. The molecule has 0 spiro atoms. The van der Waals surface area contributed by atoms with Gasteiger partial charge in [0.05, 0.1) is 0 Å². The number of hydrogen-bond donors (Lipinski definition) is 0. The topological polar surface area (TPSA) is 47.1 Å². The number of carbonyl (C=O) groups excluding carboxylic acids is 2. The van der Waals surface area contributed by atoms with Gasteiger partial charge in [-0.3, -0.25) is 0 Å². The quantitative estimate of drug-likeness (QED) is 0.227. The number of benzene rings is 2. The molecule has 0 bridgehead atoms. The summed E-state index contributed by atoms with van der Waals surface area (Å²) in [6.45, 7) is 14.7. The normalized spacial score (nSPS) is 11.7. The maximum absolute atomic E-state index is 13.3. The average Bonchev–Trinajstić information content (AvgIpc) is 2.80. The number of urea groups is 2. The Morgan fingerprint density at radius 3 is 1.14 bits per heavy atom. The number of carbonyl (C=O) groups is 2. The Morgan fingerprint density at radius 2 is 0.861 bits per heavy atom. The van der Waals surface area contributed by atoms with Crippen molar-refractivity contribution in [2.75, 3.05) is 36.3 Å². The average molecular weight is 527 g/mol. The smallest absolute Gasteiger partial charge is 0.316 e. The van der Waals surface area contributed by atoms with E-state index < -0.39 is 16.5 Å². The highest BCUT2D eigenvalue weighted by atomic mass is 28.3. The van der Waals surface area contributed by atoms with Gasteiger partial charge in [0.2, 0.25) is 0 Å². The van der Waals surface area contributed by atoms with E-state index in [4.69, 9.17) is 0 Å². The van der Waals surface area contributed by atoms with Gasteiger partial charge in [-0.15, -0.1) is 0 Å². The number of unbranched alkanes of at least 4 members (excludes halogenated alkanes) is 3. The molecule has 0 saturated carbocycles. The van der Waals surface area contributed by atoms with E-state index in [1.165, 1.54) is 0 Å². The molecule has 36 heavy (non-hydrogen) atoms. The Balaban J connectivity index is 1.81. The predicted octanol–water partition coefficient (Wildman–Crippen LogP) is 7.33. The van der Waals surface area contributed by atoms with Crippen molar-refractivity contribution in [2.45, 2.75) is 65.0 Å². The summed E-state index contributed by atoms with van der Waals surface area (Å²) >= 11 is 0. The highest BCUT2D eigenvalue weighted by molar-refractivity contribution is 6.83. The highest BCUT2D eigenvalue weighted by Gasteiger charge is 2.33. The summed E-state index contributed by atoms with van der Waals surface area (Å²) in [6, 6.07) is 20.1. The van der Waals surface area contributed by atoms with Gasteiger partial charge in [0.25, 0.3) is 0 Å². The molecule has 0 N–H and O–H groups in total. The van der Waals surface area contributed by atoms with E-state index in [9.17, 15) is 9.59 Å². The minimum atomic E-state index is -1.88. The minimum Gasteiger partial charge on any atom is -0.328 e. The molecule has 0 aromatic heterocycles. The molecule has 2 aromatic rings. The van der Waals surface area contributed by atoms with Crippen molar-refractivity contribution < 1.29 is 9.59 Å². The molecule has 0 aliphatic heterocycles. The van der Waals surface area contributed by atoms with Gasteiger partial charge in [0.1, 0.15) is 0 Å². The third-order valence-electron chi connectivity index (χ3n) is 6.14. The molecule has 0 fully saturated rings. The van der Waals surface area contributed by atoms with E-state index in [1.807, 2.05) is 93.7 Å². The van der Waals surface area contributed by atoms with Gasteiger partial charge >= 0.3 is 12.1 Å². The molecule has 0 aliphatic rings. The van der Waals surface area contributed by atoms with Crippen LogP contribution < -0.4 is 9.13 Å². The second-order valence-electron chi connectivity index (χ2n) is 11.5. The van der Waals surface area contributed by atoms with Crippen molar-refractivity contribution in [3.05, 3.63) is 60.7 Å². The van der Waals surface area contributed by atoms with E-state index in [0.29, 0.717) is 0 Å². The molecule has 0 aliphatic carbocycles. The predicted molar refractivity (Wildman–Crippen MR) is 159 cm³/mol. The van der Waals surface area contributed by atoms with Gasteiger partial charge in [-0.2, -0.15) is 0 Å². The fraction of sp³-hybridized carbons (Fsp3) is 0.500. The Bertz CT molecular complexity index is 880. The van der Waals surface area contributed by atoms with Crippen molar-refractivity contribution in [1.82, 2.24) is 9.80 Å². The summed E-state index contributed by atoms with van der Waals surface area (Å²) in [7, 11) is 0.0425. The summed E-state index contributed by atoms with van der Waals surface area (Å²) in [5.74, 6) is 0. The Morgan fingerprint density at radius 1 is 0.556 bits per heavy atom. The Kier molecular flexibility index (Phi) is 10.8. The van der Waals surface area contributed by atoms with Crippen molar-refractivity contribution in [1.29, 1.82) is 0 Å². The van der Waals surface area contributed by atoms with Crippen molar-refractivity contribution in [2.24, 2.45) is 0 Å². The van der Waals surface area contributed by atoms with E-state index in [0.717, 1.165) is 50.1 Å². The van der Waals surface area contributed by atoms with Crippen molar-refractivity contribution in [3.8, 4) is 0 Å². The maximum Gasteiger partial charge on any atom is 0.316 e. The molecule has 6 nitrogen and oxygen atoms in total. The van der Waals surface area contributed by atoms with Crippen LogP contribution in [0.15, 0.2) is 60.7 Å². The summed E-state index contributed by atoms with van der Waals surface area (Å²) in [4.78, 5) is 30.3. The zero-order valence-electron chi connectivity index (χ0n) is 23.6. The molecule has 0 saturated heterocycles. The lowest BCUT2D eigenvalue weighted by Gasteiger charge is -2.37. The molecular formula is C28H46N4O2Si2. The molecule has 0 radical (unpaired) electrons. The highest BCUT2D eigenvalue weighted by Crippen LogP contribution is 2.24. The number of nitrogens with zero attached hydrogens (tertiary/aromatic N) is 4. The van der Waals surface area contributed by atoms with Gasteiger partial charge in [-0.25, -0.2) is 9.59 Å². The first kappa shape index (κ1) is 29.6. The SMILES string of the molecule is CN(CCCCCCN(C)C(=O)N(c1ccccc1)[Si](C)(C)C)C(=O)N(c1ccccc1)[Si](C)(C)C. The Hall–Kier alpha value is -2.59. The lowest BCUT2D eigenvalue weighted by molar-refractivity contribution is 0.215. The van der Waals surface area contributed by atoms with Crippen LogP contribution in [0.2, 0.25) is 39.3 Å². The van der Waals surface area contributed by atoms with Crippen LogP contribution >= 0.6 is 0 Å². The van der Waals surface area contributed by atoms with Gasteiger partial charge < -0.3 is 18.9 Å². The number of amides is 4. The van der Waals surface area contributed by atoms with Crippen LogP contribution in [-0.2, 0) is 0 Å². The van der Waals surface area contributed by atoms with Crippen molar-refractivity contribution >= 4 is 39.9 Å². The van der Waals surface area contributed by atoms with E-state index in [1.54, 1.807) is 0 Å². The third kappa shape index (κ3) is 8.52. The third-order valence-corrected chi connectivity index (χ3v) is 9.73. The molecule has 0 heterocycles. The number of hydrogen-bond acceptors (Lipinski definition) is 2. The standard InChI is InChI=1S/C28H46N4O2Si2/c1-29(27(33)31(35(3,4)5)25-19-13-11-14-20-25)23-17-9-10-18-24-30(2)28(34)32(36(6,7)8)26-21-15-12-16-22-26/h11-16,19-22H,9-10,17-18,23-24H2,1-8H3. The van der Waals surface area contributed by atoms with Crippen LogP contribution in [0.25, 0.3) is 0 Å². The monoisotopic (exact) mass is 526 g/mol. The lowest BCUT2D eigenvalue weighted by atomic mass is 10.2. The zero-order chi connectivity index (χ0) is 26.9. The lowest BCUT2D eigenvalue weighted by Crippen LogP contribution is -2.54. The summed E-state index contributed by atoms with van der Waals surface area (Å²) < 4.78 is 4.01. The summed E-state index contributed by atoms with van der Waals surface area (Å²) in [5.41, 5.74) is 1.95. The first-order valence-corrected chi connectivity index (χ1v) is 19.9. The van der Waals surface area contributed by atoms with Crippen LogP contribution in [0.4, 0.5) is 21.0 Å². The van der Waals surface area contributed by atoms with Crippen LogP contribution in [0.3, 0.4) is 0 Å². The largest absolute Gasteiger partial charge is 0.328 e. The zero-order valence-corrected chi connectivity index (χ0v) is 25.6.